The van der Waals surface area contributed by atoms with Gasteiger partial charge in [0, 0.05) is 6.54 Å². The van der Waals surface area contributed by atoms with Crippen LogP contribution in [0.1, 0.15) is 132 Å². The van der Waals surface area contributed by atoms with Gasteiger partial charge in [-0.2, -0.15) is 0 Å². The number of carbonyl (C=O) groups excluding carboxylic acids is 13. The molecule has 1 fully saturated rings. The van der Waals surface area contributed by atoms with Crippen molar-refractivity contribution in [3.8, 4) is 0 Å². The topological polar surface area (TPSA) is 553 Å². The Labute approximate surface area is 592 Å². The monoisotopic (exact) mass is 1440 g/mol. The molecule has 0 aromatic heterocycles. The summed E-state index contributed by atoms with van der Waals surface area (Å²) in [6.07, 6.45) is -9.74. The number of aliphatic imine (C=N–C) groups is 1. The van der Waals surface area contributed by atoms with Crippen LogP contribution in [0.25, 0.3) is 0 Å². The lowest BCUT2D eigenvalue weighted by atomic mass is 9.95. The number of nitrogens with zero attached hydrogens (tertiary/aromatic N) is 1. The van der Waals surface area contributed by atoms with Gasteiger partial charge in [-0.1, -0.05) is 122 Å². The van der Waals surface area contributed by atoms with Gasteiger partial charge in [-0.05, 0) is 88.2 Å². The molecule has 0 aliphatic carbocycles. The molecule has 2 aromatic rings. The highest BCUT2D eigenvalue weighted by Crippen LogP contribution is 2.25. The van der Waals surface area contributed by atoms with E-state index in [4.69, 9.17) is 31.4 Å². The molecule has 35 heteroatoms. The Hall–Kier alpha value is -9.58. The number of alkyl carbamates (subject to hydrolysis) is 1. The molecule has 3 rings (SSSR count). The van der Waals surface area contributed by atoms with Gasteiger partial charge in [0.1, 0.15) is 60.0 Å². The van der Waals surface area contributed by atoms with Crippen molar-refractivity contribution in [3.63, 3.8) is 0 Å². The highest BCUT2D eigenvalue weighted by Gasteiger charge is 2.44. The maximum absolute atomic E-state index is 15.6. The fourth-order valence-corrected chi connectivity index (χ4v) is 10.1. The average molecular weight is 1440 g/mol. The molecule has 35 nitrogen and oxygen atoms in total. The molecule has 1 heterocycles. The fraction of sp³-hybridized carbons (Fsp3) is 0.612. The quantitative estimate of drug-likeness (QED) is 0.0187. The van der Waals surface area contributed by atoms with Crippen molar-refractivity contribution in [1.29, 1.82) is 0 Å². The number of carbonyl (C=O) groups is 13. The normalized spacial score (nSPS) is 23.2. The molecular formula is C67H105N15O20. The van der Waals surface area contributed by atoms with Gasteiger partial charge in [0.25, 0.3) is 0 Å². The highest BCUT2D eigenvalue weighted by molar-refractivity contribution is 6.00. The molecule has 0 spiro atoms. The third-order valence-electron chi connectivity index (χ3n) is 15.8. The molecular weight excluding hydrogens is 1330 g/mol. The van der Waals surface area contributed by atoms with E-state index in [9.17, 15) is 68.4 Å². The Morgan fingerprint density at radius 2 is 1.21 bits per heavy atom. The number of hydrogen-bond donors (Lipinski definition) is 18. The molecule has 1 saturated heterocycles. The molecule has 2 aromatic carbocycles. The summed E-state index contributed by atoms with van der Waals surface area (Å²) in [5.41, 5.74) is 16.0. The van der Waals surface area contributed by atoms with Crippen molar-refractivity contribution in [1.82, 2.24) is 58.5 Å². The van der Waals surface area contributed by atoms with Crippen LogP contribution in [0.5, 0.6) is 0 Å². The van der Waals surface area contributed by atoms with Crippen LogP contribution in [0.3, 0.4) is 0 Å². The number of aliphatic hydroxyl groups is 4. The molecule has 0 saturated carbocycles. The van der Waals surface area contributed by atoms with Gasteiger partial charge in [-0.3, -0.25) is 57.7 Å². The lowest BCUT2D eigenvalue weighted by Gasteiger charge is -2.34. The largest absolute Gasteiger partial charge is 0.453 e. The Kier molecular flexibility index (Phi) is 35.7. The van der Waals surface area contributed by atoms with Gasteiger partial charge in [0.05, 0.1) is 38.6 Å². The third-order valence-corrected chi connectivity index (χ3v) is 15.8. The summed E-state index contributed by atoms with van der Waals surface area (Å²) < 4.78 is 17.3. The summed E-state index contributed by atoms with van der Waals surface area (Å²) in [7, 11) is 0. The minimum Gasteiger partial charge on any atom is -0.453 e. The van der Waals surface area contributed by atoms with Crippen LogP contribution in [0, 0.1) is 23.7 Å². The molecule has 12 amide bonds. The van der Waals surface area contributed by atoms with Crippen LogP contribution < -0.4 is 75.7 Å². The number of nitrogens with two attached hydrogens (primary N) is 3. The lowest BCUT2D eigenvalue weighted by Crippen LogP contribution is -2.64. The van der Waals surface area contributed by atoms with Crippen molar-refractivity contribution in [2.45, 2.75) is 212 Å². The zero-order valence-electron chi connectivity index (χ0n) is 59.7. The first-order valence-corrected chi connectivity index (χ1v) is 33.7. The molecule has 21 N–H and O–H groups in total. The first kappa shape index (κ1) is 86.6. The molecule has 1 aliphatic rings. The Balaban J connectivity index is 2.43. The van der Waals surface area contributed by atoms with Gasteiger partial charge < -0.3 is 110 Å². The highest BCUT2D eigenvalue weighted by atomic mass is 16.6. The first-order chi connectivity index (χ1) is 47.8. The number of benzene rings is 2. The van der Waals surface area contributed by atoms with Crippen molar-refractivity contribution in [2.24, 2.45) is 45.9 Å². The average Bonchev–Trinajstić information content (AvgIpc) is 0.812. The number of aliphatic hydroxyl groups excluding tert-OH is 4. The van der Waals surface area contributed by atoms with Crippen LogP contribution >= 0.6 is 0 Å². The maximum Gasteiger partial charge on any atom is 0.408 e. The Bertz CT molecular complexity index is 3190. The number of nitrogens with one attached hydrogen (secondary N) is 11. The number of amides is 12. The van der Waals surface area contributed by atoms with Gasteiger partial charge in [-0.25, -0.2) is 9.59 Å². The van der Waals surface area contributed by atoms with Crippen LogP contribution in [-0.4, -0.2) is 214 Å². The summed E-state index contributed by atoms with van der Waals surface area (Å²) in [6.45, 7) is 15.6. The van der Waals surface area contributed by atoms with Crippen molar-refractivity contribution < 1.29 is 97.0 Å². The number of primary amides is 1. The molecule has 568 valence electrons. The standard InChI is InChI=1S/C67H105N15O20/c1-13-36(8)46-60(94)80-47(37(9)84)59(93)72-29-45(85)78-49(52(87)54(68)88)62(96)76-43(30-83)64(98)101-53(39-23-18-15-19-24-39)50(82-57(91)42(28-34(4)5)74-58(92)44(77-66(99)102-67(10,11)12)32-100-31-38-21-16-14-17-22-38)63(97)81-48(51(86)35(6)7)61(95)75-41(27-33(2)3)56(90)73-40(55(89)79-46)25-20-26-71-65(69)70/h14-19,21-24,33-37,40-44,46-53,83-84,86-87H,13,20,25-32H2,1-12H3,(H2,68,88)(H,72,93)(H,73,90)(H,74,92)(H,75,95)(H,76,96)(H,77,99)(H,78,85)(H,79,89)(H,80,94)(H,81,97)(H,82,91)(H4,69,70,71)/t36-,37-,40+,41-,42-,43-,44-,46?,47?,48-,49-,50-,51+,52-,53+/m0/s1. The van der Waals surface area contributed by atoms with Gasteiger partial charge in [0.15, 0.2) is 24.2 Å². The second-order valence-electron chi connectivity index (χ2n) is 27.0. The number of cyclic esters (lactones) is 1. The van der Waals surface area contributed by atoms with Crippen LogP contribution in [0.4, 0.5) is 4.79 Å². The van der Waals surface area contributed by atoms with Gasteiger partial charge in [0.2, 0.25) is 65.0 Å². The van der Waals surface area contributed by atoms with E-state index in [1.807, 2.05) is 10.6 Å². The van der Waals surface area contributed by atoms with Gasteiger partial charge in [-0.15, -0.1) is 0 Å². The van der Waals surface area contributed by atoms with E-state index in [1.165, 1.54) is 44.2 Å². The summed E-state index contributed by atoms with van der Waals surface area (Å²) in [6, 6.07) is -3.16. The Morgan fingerprint density at radius 1 is 0.647 bits per heavy atom. The maximum atomic E-state index is 15.6. The van der Waals surface area contributed by atoms with Crippen LogP contribution in [0.15, 0.2) is 65.7 Å². The van der Waals surface area contributed by atoms with Crippen molar-refractivity contribution in [2.75, 3.05) is 26.3 Å². The number of ether oxygens (including phenoxy) is 3. The molecule has 0 radical (unpaired) electrons. The van der Waals surface area contributed by atoms with E-state index in [-0.39, 0.29) is 56.8 Å². The van der Waals surface area contributed by atoms with E-state index in [1.54, 1.807) is 92.6 Å². The molecule has 0 bridgehead atoms. The minimum absolute atomic E-state index is 0.0231. The minimum atomic E-state index is -2.61. The van der Waals surface area contributed by atoms with E-state index >= 15 is 14.4 Å². The predicted molar refractivity (Wildman–Crippen MR) is 368 cm³/mol. The number of esters is 1. The summed E-state index contributed by atoms with van der Waals surface area (Å²) in [4.78, 5) is 190. The zero-order valence-corrected chi connectivity index (χ0v) is 59.7. The fourth-order valence-electron chi connectivity index (χ4n) is 10.1. The van der Waals surface area contributed by atoms with Gasteiger partial charge >= 0.3 is 12.1 Å². The number of rotatable bonds is 26. The Morgan fingerprint density at radius 3 is 1.75 bits per heavy atom. The predicted octanol–water partition coefficient (Wildman–Crippen LogP) is -3.70. The van der Waals surface area contributed by atoms with Crippen LogP contribution in [-0.2, 0) is 78.4 Å². The van der Waals surface area contributed by atoms with Crippen LogP contribution in [0.2, 0.25) is 0 Å². The second-order valence-corrected chi connectivity index (χ2v) is 27.0. The number of guanidine groups is 1. The van der Waals surface area contributed by atoms with E-state index in [2.05, 4.69) is 52.8 Å². The van der Waals surface area contributed by atoms with E-state index < -0.39 is 211 Å². The summed E-state index contributed by atoms with van der Waals surface area (Å²) in [5.74, 6) is -18.1. The van der Waals surface area contributed by atoms with E-state index in [0.717, 1.165) is 6.92 Å². The lowest BCUT2D eigenvalue weighted by molar-refractivity contribution is -0.159. The second kappa shape index (κ2) is 42.0. The molecule has 2 unspecified atom stereocenters. The smallest absolute Gasteiger partial charge is 0.408 e. The zero-order chi connectivity index (χ0) is 76.9. The first-order valence-electron chi connectivity index (χ1n) is 33.7. The summed E-state index contributed by atoms with van der Waals surface area (Å²) in [5, 5.41) is 70.9. The third kappa shape index (κ3) is 29.2. The molecule has 1 aliphatic heterocycles. The molecule has 102 heavy (non-hydrogen) atoms. The van der Waals surface area contributed by atoms with E-state index in [0.29, 0.717) is 5.56 Å². The SMILES string of the molecule is CC[C@H](C)C1NC(=O)[C@@H](CCCN=C(N)N)NC(=O)[C@H](CC(C)C)NC(=O)[C@H]([C@H](O)C(C)C)NC(=O)[C@@H](NC(=O)[C@H](CC(C)C)NC(=O)[C@H](COCc2ccccc2)NC(=O)OC(C)(C)C)[C@@H](c2ccccc2)OC(=O)[C@H](CO)NC(=O)[C@H]([C@H](O)C(N)=O)NC(=O)CNC(=O)C([C@H](C)O)NC1=O. The van der Waals surface area contributed by atoms with Crippen molar-refractivity contribution in [3.05, 3.63) is 71.8 Å². The van der Waals surface area contributed by atoms with Crippen molar-refractivity contribution >= 4 is 83.0 Å². The summed E-state index contributed by atoms with van der Waals surface area (Å²) >= 11 is 0. The molecule has 15 atom stereocenters. The number of hydrogen-bond acceptors (Lipinski definition) is 21.